The quantitative estimate of drug-likeness (QED) is 0.0129. The molecule has 0 saturated carbocycles. The average molecular weight is 1070 g/mol. The molecule has 0 spiro atoms. The molecule has 5 aromatic carbocycles. The number of ether oxygens (including phenoxy) is 8. The lowest BCUT2D eigenvalue weighted by Crippen LogP contribution is -2.14. The summed E-state index contributed by atoms with van der Waals surface area (Å²) in [6.45, 7) is 0.0731. The van der Waals surface area contributed by atoms with Crippen molar-refractivity contribution in [3.63, 3.8) is 0 Å². The van der Waals surface area contributed by atoms with Gasteiger partial charge < -0.3 is 95.1 Å². The first-order valence-corrected chi connectivity index (χ1v) is 23.1. The molecule has 0 saturated heterocycles. The first kappa shape index (κ1) is 64.1. The number of aliphatic hydroxyl groups excluding tert-OH is 4. The largest absolute Gasteiger partial charge is 0.504 e. The zero-order chi connectivity index (χ0) is 55.0. The number of benzene rings is 5. The van der Waals surface area contributed by atoms with E-state index < -0.39 is 5.91 Å². The van der Waals surface area contributed by atoms with Crippen LogP contribution in [0.3, 0.4) is 0 Å². The molecule has 0 aliphatic carbocycles. The van der Waals surface area contributed by atoms with Crippen molar-refractivity contribution < 1.29 is 97.9 Å². The first-order chi connectivity index (χ1) is 36.1. The van der Waals surface area contributed by atoms with Crippen LogP contribution >= 0.6 is 0 Å². The molecule has 0 unspecified atom stereocenters. The molecular formula is C53H69N3O20. The smallest absolute Gasteiger partial charge is 0.224 e. The van der Waals surface area contributed by atoms with Gasteiger partial charge >= 0.3 is 0 Å². The van der Waals surface area contributed by atoms with Gasteiger partial charge in [-0.05, 0) is 71.8 Å². The van der Waals surface area contributed by atoms with Crippen molar-refractivity contribution >= 4 is 40.4 Å². The third-order valence-corrected chi connectivity index (χ3v) is 9.63. The van der Waals surface area contributed by atoms with E-state index in [2.05, 4.69) is 10.6 Å². The maximum absolute atomic E-state index is 12.5. The summed E-state index contributed by atoms with van der Waals surface area (Å²) in [6, 6.07) is 22.8. The minimum atomic E-state index is -0.401. The Morgan fingerprint density at radius 2 is 0.816 bits per heavy atom. The van der Waals surface area contributed by atoms with Gasteiger partial charge in [-0.1, -0.05) is 19.6 Å². The Balaban J connectivity index is 0.000000424. The van der Waals surface area contributed by atoms with Crippen LogP contribution in [0.2, 0.25) is 0 Å². The number of Topliss-reactive ketones (excluding diaryl/α,β-unsaturated/α-hetero) is 2. The summed E-state index contributed by atoms with van der Waals surface area (Å²) in [5, 5.41) is 77.6. The Kier molecular flexibility index (Phi) is 30.3. The van der Waals surface area contributed by atoms with Crippen molar-refractivity contribution in [3.05, 3.63) is 102 Å². The Morgan fingerprint density at radius 3 is 1.32 bits per heavy atom. The lowest BCUT2D eigenvalue weighted by atomic mass is 10.0. The van der Waals surface area contributed by atoms with Crippen LogP contribution in [0.5, 0.6) is 57.5 Å². The fourth-order valence-corrected chi connectivity index (χ4v) is 6.20. The van der Waals surface area contributed by atoms with E-state index in [0.717, 1.165) is 0 Å². The van der Waals surface area contributed by atoms with Crippen molar-refractivity contribution in [1.82, 2.24) is 0 Å². The monoisotopic (exact) mass is 1070 g/mol. The third-order valence-electron chi connectivity index (χ3n) is 9.63. The number of amides is 2. The van der Waals surface area contributed by atoms with Gasteiger partial charge in [0.2, 0.25) is 11.8 Å². The number of hydrogen-bond acceptors (Lipinski definition) is 21. The second-order valence-corrected chi connectivity index (χ2v) is 15.6. The molecule has 5 aromatic rings. The Hall–Kier alpha value is -8.06. The van der Waals surface area contributed by atoms with E-state index in [1.54, 1.807) is 54.6 Å². The molecule has 0 heterocycles. The van der Waals surface area contributed by atoms with Crippen LogP contribution in [0.25, 0.3) is 0 Å². The Bertz CT molecular complexity index is 2420. The zero-order valence-corrected chi connectivity index (χ0v) is 41.5. The number of rotatable bonds is 30. The van der Waals surface area contributed by atoms with Crippen LogP contribution in [0.1, 0.15) is 44.2 Å². The van der Waals surface area contributed by atoms with Gasteiger partial charge in [-0.2, -0.15) is 0 Å². The number of aliphatic hydroxyl groups is 4. The minimum absolute atomic E-state index is 0. The maximum atomic E-state index is 12.5. The molecule has 0 fully saturated rings. The second kappa shape index (κ2) is 36.0. The van der Waals surface area contributed by atoms with E-state index in [0.29, 0.717) is 62.7 Å². The van der Waals surface area contributed by atoms with Crippen LogP contribution in [0.4, 0.5) is 17.1 Å². The van der Waals surface area contributed by atoms with E-state index in [9.17, 15) is 39.6 Å². The number of anilines is 3. The summed E-state index contributed by atoms with van der Waals surface area (Å²) < 4.78 is 42.1. The average Bonchev–Trinajstić information content (AvgIpc) is 3.39. The fourth-order valence-electron chi connectivity index (χ4n) is 6.20. The summed E-state index contributed by atoms with van der Waals surface area (Å²) in [4.78, 5) is 48.5. The van der Waals surface area contributed by atoms with E-state index in [-0.39, 0.29) is 153 Å². The highest BCUT2D eigenvalue weighted by molar-refractivity contribution is 5.95. The van der Waals surface area contributed by atoms with Crippen molar-refractivity contribution in [3.8, 4) is 57.5 Å². The molecule has 2 amide bonds. The molecule has 0 radical (unpaired) electrons. The number of methoxy groups -OCH3 is 2. The van der Waals surface area contributed by atoms with Gasteiger partial charge in [-0.3, -0.25) is 19.2 Å². The van der Waals surface area contributed by atoms with E-state index in [1.165, 1.54) is 50.6 Å². The van der Waals surface area contributed by atoms with Gasteiger partial charge in [-0.25, -0.2) is 0 Å². The summed E-state index contributed by atoms with van der Waals surface area (Å²) in [5.74, 6) is 0.288. The summed E-state index contributed by atoms with van der Waals surface area (Å²) in [6.07, 6.45) is 0.164. The molecule has 0 aliphatic heterocycles. The summed E-state index contributed by atoms with van der Waals surface area (Å²) in [7, 11) is 2.99. The number of ketones is 2. The Labute approximate surface area is 439 Å². The molecule has 76 heavy (non-hydrogen) atoms. The Morgan fingerprint density at radius 1 is 0.434 bits per heavy atom. The number of hydrogen-bond donors (Lipinski definition) is 11. The topological polar surface area (TPSA) is 354 Å². The molecular weight excluding hydrogens is 999 g/mol. The highest BCUT2D eigenvalue weighted by atomic mass is 16.7. The lowest BCUT2D eigenvalue weighted by molar-refractivity contribution is -0.122. The number of nitrogens with two attached hydrogens (primary N) is 1. The predicted octanol–water partition coefficient (Wildman–Crippen LogP) is 4.61. The number of carbonyl (C=O) groups is 4. The molecule has 0 atom stereocenters. The number of phenolic OH excluding ortho intramolecular Hbond substituents is 4. The van der Waals surface area contributed by atoms with Gasteiger partial charge in [0.1, 0.15) is 38.0 Å². The van der Waals surface area contributed by atoms with Crippen molar-refractivity contribution in [2.75, 3.05) is 97.0 Å². The van der Waals surface area contributed by atoms with Gasteiger partial charge in [0, 0.05) is 88.0 Å². The van der Waals surface area contributed by atoms with E-state index in [1.807, 2.05) is 0 Å². The molecule has 416 valence electrons. The third kappa shape index (κ3) is 24.3. The molecule has 23 heteroatoms. The van der Waals surface area contributed by atoms with Crippen LogP contribution in [0.15, 0.2) is 91.0 Å². The van der Waals surface area contributed by atoms with Crippen LogP contribution in [-0.2, 0) is 41.5 Å². The van der Waals surface area contributed by atoms with Crippen molar-refractivity contribution in [1.29, 1.82) is 0 Å². The van der Waals surface area contributed by atoms with Gasteiger partial charge in [0.25, 0.3) is 0 Å². The van der Waals surface area contributed by atoms with Crippen LogP contribution in [-0.4, -0.2) is 145 Å². The van der Waals surface area contributed by atoms with Crippen molar-refractivity contribution in [2.45, 2.75) is 46.0 Å². The number of carbonyl (C=O) groups excluding carboxylic acids is 4. The number of nitrogen functional groups attached to an aromatic ring is 1. The van der Waals surface area contributed by atoms with Crippen LogP contribution < -0.4 is 44.8 Å². The van der Waals surface area contributed by atoms with Crippen LogP contribution in [0, 0.1) is 0 Å². The van der Waals surface area contributed by atoms with E-state index >= 15 is 0 Å². The van der Waals surface area contributed by atoms with Gasteiger partial charge in [0.05, 0.1) is 26.4 Å². The number of phenols is 4. The second-order valence-electron chi connectivity index (χ2n) is 15.6. The minimum Gasteiger partial charge on any atom is -0.504 e. The lowest BCUT2D eigenvalue weighted by Gasteiger charge is -2.14. The first-order valence-electron chi connectivity index (χ1n) is 23.1. The highest BCUT2D eigenvalue weighted by Gasteiger charge is 2.15. The maximum Gasteiger partial charge on any atom is 0.224 e. The number of aromatic hydroxyl groups is 4. The normalized spacial score (nSPS) is 10.2. The van der Waals surface area contributed by atoms with Gasteiger partial charge in [-0.15, -0.1) is 0 Å². The molecule has 5 rings (SSSR count). The van der Waals surface area contributed by atoms with E-state index in [4.69, 9.17) is 64.1 Å². The molecule has 0 bridgehead atoms. The highest BCUT2D eigenvalue weighted by Crippen LogP contribution is 2.33. The molecule has 12 N–H and O–H groups in total. The number of nitrogens with one attached hydrogen (secondary N) is 2. The fraction of sp³-hybridized carbons (Fsp3) is 0.358. The predicted molar refractivity (Wildman–Crippen MR) is 278 cm³/mol. The zero-order valence-electron chi connectivity index (χ0n) is 41.5. The molecule has 0 aliphatic rings. The standard InChI is InChI=1S/C25H33NO10.C17H17NO6.C10H15NO4.CH4/c1-31-16-35-22-7-4-19(15-24(22)36-17-32-2)26-25(30)8-5-20(29)13-18-3-6-21(33-11-9-27)23(14-18)34-12-10-28;19-12(7-10-1-4-13(20)15(22)8-10)3-6-17(24)18-11-2-5-14(21)16(23)9-11;11-8-1-2-9(14-5-3-12)10(7-8)15-6-4-13;/h3-4,6-7,14-15,27-28H,5,8-13,16-17H2,1-2H3,(H,26,30);1-2,4-5,8-9,20-23H,3,6-7H2,(H,18,24);1-2,7,12-13H,3-6,11H2;1H4. The molecule has 23 nitrogen and oxygen atoms in total. The SMILES string of the molecule is C.COCOc1ccc(NC(=O)CCC(=O)Cc2ccc(OCCO)c(OCCO)c2)cc1OCOC.Nc1ccc(OCCO)c(OCCO)c1.O=C(CCC(=O)Nc1ccc(O)c(O)c1)Cc1ccc(O)c(O)c1. The summed E-state index contributed by atoms with van der Waals surface area (Å²) in [5.41, 5.74) is 8.14. The molecule has 0 aromatic heterocycles. The van der Waals surface area contributed by atoms with Gasteiger partial charge in [0.15, 0.2) is 71.1 Å². The van der Waals surface area contributed by atoms with Crippen molar-refractivity contribution in [2.24, 2.45) is 0 Å². The summed E-state index contributed by atoms with van der Waals surface area (Å²) >= 11 is 0.